The lowest BCUT2D eigenvalue weighted by Gasteiger charge is -2.41. The first-order valence-corrected chi connectivity index (χ1v) is 16.3. The average molecular weight is 590 g/mol. The zero-order valence-corrected chi connectivity index (χ0v) is 25.3. The van der Waals surface area contributed by atoms with Crippen LogP contribution in [0.5, 0.6) is 0 Å². The van der Waals surface area contributed by atoms with Crippen molar-refractivity contribution >= 4 is 45.1 Å². The predicted molar refractivity (Wildman–Crippen MR) is 192 cm³/mol. The van der Waals surface area contributed by atoms with E-state index in [-0.39, 0.29) is 12.0 Å². The van der Waals surface area contributed by atoms with E-state index in [4.69, 9.17) is 4.99 Å². The lowest BCUT2D eigenvalue weighted by atomic mass is 9.66. The fourth-order valence-corrected chi connectivity index (χ4v) is 8.15. The van der Waals surface area contributed by atoms with Gasteiger partial charge < -0.3 is 9.47 Å². The van der Waals surface area contributed by atoms with E-state index in [2.05, 4.69) is 149 Å². The molecular formula is C43H31N3. The average Bonchev–Trinajstić information content (AvgIpc) is 3.45. The number of dihydropyridines is 1. The lowest BCUT2D eigenvalue weighted by molar-refractivity contribution is 0.774. The minimum absolute atomic E-state index is 0.0720. The van der Waals surface area contributed by atoms with E-state index in [0.717, 1.165) is 24.2 Å². The predicted octanol–water partition coefficient (Wildman–Crippen LogP) is 10.2. The Morgan fingerprint density at radius 3 is 2.52 bits per heavy atom. The van der Waals surface area contributed by atoms with Gasteiger partial charge in [0.2, 0.25) is 0 Å². The molecule has 6 aliphatic rings. The maximum atomic E-state index is 4.91. The highest BCUT2D eigenvalue weighted by Crippen LogP contribution is 2.51. The molecule has 4 aromatic rings. The summed E-state index contributed by atoms with van der Waals surface area (Å²) in [5.41, 5.74) is 15.2. The summed E-state index contributed by atoms with van der Waals surface area (Å²) in [7, 11) is 0. The number of hydrogen-bond acceptors (Lipinski definition) is 2. The first kappa shape index (κ1) is 25.6. The lowest BCUT2D eigenvalue weighted by Crippen LogP contribution is -2.31. The molecule has 1 aliphatic heterocycles. The van der Waals surface area contributed by atoms with E-state index >= 15 is 0 Å². The summed E-state index contributed by atoms with van der Waals surface area (Å²) in [6.07, 6.45) is 31.6. The topological polar surface area (TPSA) is 20.5 Å². The van der Waals surface area contributed by atoms with E-state index in [1.807, 2.05) is 12.3 Å². The molecule has 0 bridgehead atoms. The molecule has 1 aromatic heterocycles. The minimum atomic E-state index is 0.0720. The summed E-state index contributed by atoms with van der Waals surface area (Å²) in [5, 5.41) is 2.54. The van der Waals surface area contributed by atoms with Crippen LogP contribution in [0.3, 0.4) is 0 Å². The maximum absolute atomic E-state index is 4.91. The Bertz CT molecular complexity index is 2350. The van der Waals surface area contributed by atoms with E-state index in [9.17, 15) is 0 Å². The van der Waals surface area contributed by atoms with E-state index in [1.165, 1.54) is 66.6 Å². The molecule has 3 nitrogen and oxygen atoms in total. The molecule has 0 amide bonds. The van der Waals surface area contributed by atoms with Crippen LogP contribution in [0.2, 0.25) is 0 Å². The highest BCUT2D eigenvalue weighted by molar-refractivity contribution is 6.11. The number of nitrogens with zero attached hydrogens (tertiary/aromatic N) is 3. The van der Waals surface area contributed by atoms with Gasteiger partial charge in [-0.1, -0.05) is 85.0 Å². The van der Waals surface area contributed by atoms with Crippen LogP contribution < -0.4 is 4.90 Å². The number of fused-ring (bicyclic) bond motifs is 5. The SMILES string of the molecule is C1=CC2=CC3=C4C(=CC=C5C=CC(N(c6ccccc6)c6ccc7c(c6)c6ccccc6n7C6=CCCC=C6)=C(C=C3)C54)C2N=C1. The fourth-order valence-electron chi connectivity index (χ4n) is 8.15. The molecule has 5 aliphatic carbocycles. The highest BCUT2D eigenvalue weighted by atomic mass is 15.2. The van der Waals surface area contributed by atoms with Crippen molar-refractivity contribution in [2.24, 2.45) is 10.9 Å². The first-order chi connectivity index (χ1) is 22.8. The molecule has 0 spiro atoms. The van der Waals surface area contributed by atoms with Crippen molar-refractivity contribution in [3.63, 3.8) is 0 Å². The Labute approximate surface area is 268 Å². The number of benzene rings is 3. The first-order valence-electron chi connectivity index (χ1n) is 16.3. The van der Waals surface area contributed by atoms with Crippen molar-refractivity contribution in [2.75, 3.05) is 4.90 Å². The highest BCUT2D eigenvalue weighted by Gasteiger charge is 2.39. The molecular weight excluding hydrogens is 558 g/mol. The Hall–Kier alpha value is -5.67. The zero-order valence-electron chi connectivity index (χ0n) is 25.3. The number of aromatic nitrogens is 1. The fraction of sp³-hybridized carbons (Fsp3) is 0.0930. The molecule has 0 saturated carbocycles. The largest absolute Gasteiger partial charge is 0.310 e. The number of rotatable bonds is 4. The van der Waals surface area contributed by atoms with Gasteiger partial charge in [0, 0.05) is 40.0 Å². The summed E-state index contributed by atoms with van der Waals surface area (Å²) >= 11 is 0. The molecule has 0 saturated heterocycles. The van der Waals surface area contributed by atoms with Crippen molar-refractivity contribution in [1.29, 1.82) is 0 Å². The van der Waals surface area contributed by atoms with Gasteiger partial charge in [-0.2, -0.15) is 0 Å². The summed E-state index contributed by atoms with van der Waals surface area (Å²) in [5.74, 6) is 0.181. The van der Waals surface area contributed by atoms with Crippen molar-refractivity contribution in [3.05, 3.63) is 185 Å². The van der Waals surface area contributed by atoms with Gasteiger partial charge in [0.25, 0.3) is 0 Å². The molecule has 2 unspecified atom stereocenters. The van der Waals surface area contributed by atoms with Gasteiger partial charge in [0.1, 0.15) is 6.04 Å². The molecule has 0 N–H and O–H groups in total. The number of hydrogen-bond donors (Lipinski definition) is 0. The third-order valence-electron chi connectivity index (χ3n) is 10.1. The Morgan fingerprint density at radius 2 is 1.61 bits per heavy atom. The quantitative estimate of drug-likeness (QED) is 0.232. The van der Waals surface area contributed by atoms with Crippen LogP contribution in [0.1, 0.15) is 12.8 Å². The second-order valence-electron chi connectivity index (χ2n) is 12.6. The van der Waals surface area contributed by atoms with Gasteiger partial charge in [-0.05, 0) is 107 Å². The number of anilines is 2. The molecule has 3 aromatic carbocycles. The Balaban J connectivity index is 1.18. The van der Waals surface area contributed by atoms with Crippen molar-refractivity contribution < 1.29 is 0 Å². The van der Waals surface area contributed by atoms with Crippen LogP contribution in [0.4, 0.5) is 11.4 Å². The van der Waals surface area contributed by atoms with Crippen LogP contribution in [-0.4, -0.2) is 16.8 Å². The molecule has 2 heterocycles. The molecule has 0 fully saturated rings. The minimum Gasteiger partial charge on any atom is -0.310 e. The number of aliphatic imine (C=N–C) groups is 1. The number of allylic oxidation sites excluding steroid dienone is 15. The molecule has 218 valence electrons. The third-order valence-corrected chi connectivity index (χ3v) is 10.1. The standard InChI is InChI=1S/C43H31N3/c1-3-11-31(12-4-1)45(33-20-24-40-37(27-33)34-15-7-8-16-38(34)46(40)32-13-5-2-6-14-32)39-23-19-28-17-22-36-42-29(18-21-35(39)41(28)42)26-30-10-9-25-44-43(30)36/h1,3-5,7-27,41,43H,2,6H2. The van der Waals surface area contributed by atoms with Gasteiger partial charge in [-0.25, -0.2) is 0 Å². The normalized spacial score (nSPS) is 22.1. The maximum Gasteiger partial charge on any atom is 0.100 e. The summed E-state index contributed by atoms with van der Waals surface area (Å²) < 4.78 is 2.43. The molecule has 0 radical (unpaired) electrons. The van der Waals surface area contributed by atoms with Crippen molar-refractivity contribution in [1.82, 2.24) is 4.57 Å². The van der Waals surface area contributed by atoms with Crippen molar-refractivity contribution in [3.8, 4) is 0 Å². The van der Waals surface area contributed by atoms with Gasteiger partial charge in [0.05, 0.1) is 16.7 Å². The zero-order chi connectivity index (χ0) is 30.2. The van der Waals surface area contributed by atoms with Crippen LogP contribution in [0.15, 0.2) is 190 Å². The van der Waals surface area contributed by atoms with Crippen LogP contribution in [-0.2, 0) is 0 Å². The second kappa shape index (κ2) is 9.92. The van der Waals surface area contributed by atoms with Crippen LogP contribution >= 0.6 is 0 Å². The smallest absolute Gasteiger partial charge is 0.100 e. The van der Waals surface area contributed by atoms with Gasteiger partial charge in [0.15, 0.2) is 0 Å². The van der Waals surface area contributed by atoms with Gasteiger partial charge >= 0.3 is 0 Å². The molecule has 2 atom stereocenters. The molecule has 46 heavy (non-hydrogen) atoms. The van der Waals surface area contributed by atoms with Gasteiger partial charge in [-0.15, -0.1) is 0 Å². The van der Waals surface area contributed by atoms with E-state index < -0.39 is 0 Å². The van der Waals surface area contributed by atoms with Crippen LogP contribution in [0.25, 0.3) is 27.5 Å². The Kier molecular flexibility index (Phi) is 5.53. The summed E-state index contributed by atoms with van der Waals surface area (Å²) in [4.78, 5) is 7.36. The summed E-state index contributed by atoms with van der Waals surface area (Å²) in [6.45, 7) is 0. The van der Waals surface area contributed by atoms with E-state index in [0.29, 0.717) is 0 Å². The van der Waals surface area contributed by atoms with Gasteiger partial charge in [-0.3, -0.25) is 4.99 Å². The third kappa shape index (κ3) is 3.69. The summed E-state index contributed by atoms with van der Waals surface area (Å²) in [6, 6.07) is 26.7. The van der Waals surface area contributed by atoms with Crippen LogP contribution in [0, 0.1) is 5.92 Å². The van der Waals surface area contributed by atoms with Crippen molar-refractivity contribution in [2.45, 2.75) is 18.9 Å². The monoisotopic (exact) mass is 589 g/mol. The molecule has 10 rings (SSSR count). The molecule has 3 heteroatoms. The second-order valence-corrected chi connectivity index (χ2v) is 12.6. The Morgan fingerprint density at radius 1 is 0.717 bits per heavy atom. The number of para-hydroxylation sites is 2. The van der Waals surface area contributed by atoms with E-state index in [1.54, 1.807) is 0 Å².